The zero-order chi connectivity index (χ0) is 14.4. The van der Waals surface area contributed by atoms with Crippen LogP contribution in [0.3, 0.4) is 0 Å². The van der Waals surface area contributed by atoms with Crippen LogP contribution in [-0.2, 0) is 6.42 Å². The Labute approximate surface area is 121 Å². The highest BCUT2D eigenvalue weighted by molar-refractivity contribution is 6.18. The first-order chi connectivity index (χ1) is 9.69. The number of alkyl halides is 1. The molecule has 1 aromatic carbocycles. The Morgan fingerprint density at radius 1 is 1.15 bits per heavy atom. The second-order valence-electron chi connectivity index (χ2n) is 4.44. The molecule has 0 saturated carbocycles. The van der Waals surface area contributed by atoms with Gasteiger partial charge in [-0.3, -0.25) is 9.59 Å². The van der Waals surface area contributed by atoms with Gasteiger partial charge in [-0.05, 0) is 18.1 Å². The summed E-state index contributed by atoms with van der Waals surface area (Å²) in [5.41, 5.74) is 1.03. The zero-order valence-electron chi connectivity index (χ0n) is 10.8. The van der Waals surface area contributed by atoms with E-state index in [9.17, 15) is 9.59 Å². The number of aromatic nitrogens is 1. The molecular weight excluding hydrogens is 276 g/mol. The number of halogens is 1. The highest BCUT2D eigenvalue weighted by Crippen LogP contribution is 2.05. The van der Waals surface area contributed by atoms with Crippen molar-refractivity contribution in [3.8, 4) is 0 Å². The SMILES string of the molecule is O=C(NC(CCl)Cc1ccccc1)c1cccc(=O)[nH]1. The lowest BCUT2D eigenvalue weighted by Crippen LogP contribution is -2.38. The maximum Gasteiger partial charge on any atom is 0.268 e. The van der Waals surface area contributed by atoms with Gasteiger partial charge in [0, 0.05) is 18.0 Å². The van der Waals surface area contributed by atoms with Crippen molar-refractivity contribution in [3.63, 3.8) is 0 Å². The number of hydrogen-bond donors (Lipinski definition) is 2. The predicted octanol–water partition coefficient (Wildman–Crippen LogP) is 1.95. The number of H-pyrrole nitrogens is 1. The molecule has 0 aliphatic carbocycles. The summed E-state index contributed by atoms with van der Waals surface area (Å²) in [6.45, 7) is 0. The number of carbonyl (C=O) groups is 1. The summed E-state index contributed by atoms with van der Waals surface area (Å²) in [5, 5.41) is 2.82. The summed E-state index contributed by atoms with van der Waals surface area (Å²) in [5.74, 6) is -0.0261. The van der Waals surface area contributed by atoms with E-state index in [1.54, 1.807) is 12.1 Å². The lowest BCUT2D eigenvalue weighted by molar-refractivity contribution is 0.0935. The number of aromatic amines is 1. The number of hydrogen-bond acceptors (Lipinski definition) is 2. The first-order valence-corrected chi connectivity index (χ1v) is 6.82. The largest absolute Gasteiger partial charge is 0.347 e. The number of benzene rings is 1. The van der Waals surface area contributed by atoms with Gasteiger partial charge in [-0.2, -0.15) is 0 Å². The van der Waals surface area contributed by atoms with Gasteiger partial charge in [0.15, 0.2) is 0 Å². The van der Waals surface area contributed by atoms with E-state index in [0.717, 1.165) is 5.56 Å². The van der Waals surface area contributed by atoms with Gasteiger partial charge >= 0.3 is 0 Å². The lowest BCUT2D eigenvalue weighted by atomic mass is 10.1. The molecule has 0 aliphatic rings. The van der Waals surface area contributed by atoms with E-state index in [0.29, 0.717) is 12.3 Å². The third kappa shape index (κ3) is 3.96. The molecule has 1 heterocycles. The topological polar surface area (TPSA) is 62.0 Å². The summed E-state index contributed by atoms with van der Waals surface area (Å²) in [6.07, 6.45) is 0.646. The van der Waals surface area contributed by atoms with Crippen LogP contribution in [-0.4, -0.2) is 22.8 Å². The molecule has 1 aromatic heterocycles. The van der Waals surface area contributed by atoms with Gasteiger partial charge in [0.1, 0.15) is 5.69 Å². The molecule has 0 fully saturated rings. The fraction of sp³-hybridized carbons (Fsp3) is 0.200. The Morgan fingerprint density at radius 2 is 1.90 bits per heavy atom. The number of pyridine rings is 1. The summed E-state index contributed by atoms with van der Waals surface area (Å²) in [7, 11) is 0. The minimum Gasteiger partial charge on any atom is -0.347 e. The van der Waals surface area contributed by atoms with Crippen molar-refractivity contribution in [2.75, 3.05) is 5.88 Å². The van der Waals surface area contributed by atoms with Crippen LogP contribution in [0.1, 0.15) is 16.1 Å². The second kappa shape index (κ2) is 6.91. The van der Waals surface area contributed by atoms with Crippen molar-refractivity contribution in [1.29, 1.82) is 0 Å². The first kappa shape index (κ1) is 14.3. The van der Waals surface area contributed by atoms with Gasteiger partial charge in [0.25, 0.3) is 5.91 Å². The zero-order valence-corrected chi connectivity index (χ0v) is 11.6. The van der Waals surface area contributed by atoms with E-state index in [2.05, 4.69) is 10.3 Å². The van der Waals surface area contributed by atoms with Crippen molar-refractivity contribution in [2.24, 2.45) is 0 Å². The smallest absolute Gasteiger partial charge is 0.268 e. The molecule has 0 bridgehead atoms. The molecule has 0 radical (unpaired) electrons. The molecule has 1 atom stereocenters. The Hall–Kier alpha value is -2.07. The van der Waals surface area contributed by atoms with E-state index in [1.165, 1.54) is 6.07 Å². The van der Waals surface area contributed by atoms with E-state index in [4.69, 9.17) is 11.6 Å². The molecule has 0 saturated heterocycles. The van der Waals surface area contributed by atoms with E-state index in [-0.39, 0.29) is 23.2 Å². The molecule has 1 amide bonds. The van der Waals surface area contributed by atoms with Crippen molar-refractivity contribution in [3.05, 3.63) is 70.1 Å². The first-order valence-electron chi connectivity index (χ1n) is 6.29. The number of carbonyl (C=O) groups excluding carboxylic acids is 1. The second-order valence-corrected chi connectivity index (χ2v) is 4.75. The molecule has 2 rings (SSSR count). The molecule has 0 aliphatic heterocycles. The van der Waals surface area contributed by atoms with Crippen LogP contribution in [0.15, 0.2) is 53.3 Å². The monoisotopic (exact) mass is 290 g/mol. The quantitative estimate of drug-likeness (QED) is 0.827. The van der Waals surface area contributed by atoms with Gasteiger partial charge in [-0.25, -0.2) is 0 Å². The minimum atomic E-state index is -0.329. The molecule has 1 unspecified atom stereocenters. The van der Waals surface area contributed by atoms with Crippen molar-refractivity contribution in [2.45, 2.75) is 12.5 Å². The van der Waals surface area contributed by atoms with Gasteiger partial charge in [-0.15, -0.1) is 11.6 Å². The molecule has 104 valence electrons. The lowest BCUT2D eigenvalue weighted by Gasteiger charge is -2.16. The predicted molar refractivity (Wildman–Crippen MR) is 79.2 cm³/mol. The van der Waals surface area contributed by atoms with Crippen LogP contribution in [0.2, 0.25) is 0 Å². The van der Waals surface area contributed by atoms with Crippen LogP contribution in [0, 0.1) is 0 Å². The Bertz CT molecular complexity index is 625. The maximum atomic E-state index is 12.0. The fourth-order valence-electron chi connectivity index (χ4n) is 1.89. The average molecular weight is 291 g/mol. The van der Waals surface area contributed by atoms with Gasteiger partial charge in [-0.1, -0.05) is 36.4 Å². The molecule has 20 heavy (non-hydrogen) atoms. The van der Waals surface area contributed by atoms with E-state index in [1.807, 2.05) is 30.3 Å². The van der Waals surface area contributed by atoms with Gasteiger partial charge in [0.05, 0.1) is 0 Å². The average Bonchev–Trinajstić information content (AvgIpc) is 2.47. The Kier molecular flexibility index (Phi) is 4.96. The summed E-state index contributed by atoms with van der Waals surface area (Å²) in [4.78, 5) is 25.7. The third-order valence-corrected chi connectivity index (χ3v) is 3.23. The number of amides is 1. The molecule has 0 spiro atoms. The van der Waals surface area contributed by atoms with Crippen LogP contribution in [0.25, 0.3) is 0 Å². The number of rotatable bonds is 5. The maximum absolute atomic E-state index is 12.0. The van der Waals surface area contributed by atoms with Crippen LogP contribution < -0.4 is 10.9 Å². The van der Waals surface area contributed by atoms with Gasteiger partial charge in [0.2, 0.25) is 5.56 Å². The van der Waals surface area contributed by atoms with Crippen molar-refractivity contribution in [1.82, 2.24) is 10.3 Å². The van der Waals surface area contributed by atoms with E-state index >= 15 is 0 Å². The Morgan fingerprint density at radius 3 is 2.55 bits per heavy atom. The molecular formula is C15H15ClN2O2. The van der Waals surface area contributed by atoms with Crippen LogP contribution in [0.4, 0.5) is 0 Å². The standard InChI is InChI=1S/C15H15ClN2O2/c16-10-12(9-11-5-2-1-3-6-11)17-15(20)13-7-4-8-14(19)18-13/h1-8,12H,9-10H2,(H,17,20)(H,18,19). The van der Waals surface area contributed by atoms with Crippen molar-refractivity contribution >= 4 is 17.5 Å². The molecule has 2 N–H and O–H groups in total. The summed E-state index contributed by atoms with van der Waals surface area (Å²) >= 11 is 5.89. The highest BCUT2D eigenvalue weighted by Gasteiger charge is 2.14. The van der Waals surface area contributed by atoms with E-state index < -0.39 is 0 Å². The normalized spacial score (nSPS) is 11.8. The number of nitrogens with one attached hydrogen (secondary N) is 2. The van der Waals surface area contributed by atoms with Gasteiger partial charge < -0.3 is 10.3 Å². The molecule has 4 nitrogen and oxygen atoms in total. The summed E-state index contributed by atoms with van der Waals surface area (Å²) < 4.78 is 0. The Balaban J connectivity index is 2.03. The molecule has 2 aromatic rings. The summed E-state index contributed by atoms with van der Waals surface area (Å²) in [6, 6.07) is 14.1. The minimum absolute atomic E-state index is 0.185. The third-order valence-electron chi connectivity index (χ3n) is 2.86. The highest BCUT2D eigenvalue weighted by atomic mass is 35.5. The fourth-order valence-corrected chi connectivity index (χ4v) is 2.07. The van der Waals surface area contributed by atoms with Crippen LogP contribution in [0.5, 0.6) is 0 Å². The van der Waals surface area contributed by atoms with Crippen LogP contribution >= 0.6 is 11.6 Å². The molecule has 5 heteroatoms. The van der Waals surface area contributed by atoms with Crippen molar-refractivity contribution < 1.29 is 4.79 Å².